The summed E-state index contributed by atoms with van der Waals surface area (Å²) in [4.78, 5) is 13.7. The number of benzene rings is 2. The lowest BCUT2D eigenvalue weighted by molar-refractivity contribution is -0.137. The number of nitrogens with one attached hydrogen (secondary N) is 2. The molecule has 1 amide bonds. The first-order valence-corrected chi connectivity index (χ1v) is 11.7. The van der Waals surface area contributed by atoms with Gasteiger partial charge in [-0.1, -0.05) is 29.8 Å². The van der Waals surface area contributed by atoms with Crippen molar-refractivity contribution < 1.29 is 26.4 Å². The predicted octanol–water partition coefficient (Wildman–Crippen LogP) is 3.52. The van der Waals surface area contributed by atoms with Crippen molar-refractivity contribution in [1.82, 2.24) is 19.4 Å². The number of sulfonamides is 1. The molecule has 3 aromatic rings. The van der Waals surface area contributed by atoms with Gasteiger partial charge in [0.05, 0.1) is 30.5 Å². The van der Waals surface area contributed by atoms with Gasteiger partial charge in [-0.3, -0.25) is 9.69 Å². The first kappa shape index (κ1) is 25.7. The van der Waals surface area contributed by atoms with Gasteiger partial charge in [0.15, 0.2) is 0 Å². The van der Waals surface area contributed by atoms with Crippen LogP contribution in [0.5, 0.6) is 0 Å². The van der Waals surface area contributed by atoms with Gasteiger partial charge in [-0.15, -0.1) is 0 Å². The number of amides is 1. The molecule has 1 aromatic heterocycles. The summed E-state index contributed by atoms with van der Waals surface area (Å²) in [6, 6.07) is 10.6. The van der Waals surface area contributed by atoms with Crippen LogP contribution in [-0.4, -0.2) is 49.8 Å². The summed E-state index contributed by atoms with van der Waals surface area (Å²) in [5.41, 5.74) is -0.440. The van der Waals surface area contributed by atoms with Gasteiger partial charge in [-0.25, -0.2) is 13.1 Å². The largest absolute Gasteiger partial charge is 0.419 e. The fourth-order valence-corrected chi connectivity index (χ4v) is 4.41. The molecule has 8 nitrogen and oxygen atoms in total. The Kier molecular flexibility index (Phi) is 7.66. The van der Waals surface area contributed by atoms with Gasteiger partial charge in [0.1, 0.15) is 4.90 Å². The number of hydrogen-bond acceptors (Lipinski definition) is 5. The van der Waals surface area contributed by atoms with Crippen molar-refractivity contribution in [1.29, 1.82) is 0 Å². The van der Waals surface area contributed by atoms with Crippen molar-refractivity contribution in [2.45, 2.75) is 17.5 Å². The van der Waals surface area contributed by atoms with Gasteiger partial charge in [-0.05, 0) is 43.9 Å². The molecule has 0 atom stereocenters. The molecule has 0 bridgehead atoms. The van der Waals surface area contributed by atoms with E-state index in [9.17, 15) is 26.4 Å². The highest BCUT2D eigenvalue weighted by Gasteiger charge is 2.33. The van der Waals surface area contributed by atoms with E-state index in [0.717, 1.165) is 10.7 Å². The molecule has 0 aliphatic heterocycles. The second-order valence-corrected chi connectivity index (χ2v) is 9.70. The van der Waals surface area contributed by atoms with E-state index in [1.807, 2.05) is 0 Å². The number of alkyl halides is 3. The zero-order valence-electron chi connectivity index (χ0n) is 18.1. The maximum Gasteiger partial charge on any atom is 0.419 e. The standard InChI is InChI=1S/C21H21ClF3N5O3S/c1-29(2)13-27-34(32,33)19-10-16(28-20(31)9-14-5-3-4-6-17(14)22)7-8-18(19)30-12-15(11-26-30)21(23,24)25/h3-8,10-12,27H,9,13H2,1-2H3,(H,28,31). The Labute approximate surface area is 199 Å². The zero-order chi connectivity index (χ0) is 25.1. The Morgan fingerprint density at radius 3 is 2.50 bits per heavy atom. The van der Waals surface area contributed by atoms with Gasteiger partial charge < -0.3 is 5.32 Å². The van der Waals surface area contributed by atoms with Gasteiger partial charge in [0, 0.05) is 16.9 Å². The minimum atomic E-state index is -4.65. The highest BCUT2D eigenvalue weighted by molar-refractivity contribution is 7.89. The summed E-state index contributed by atoms with van der Waals surface area (Å²) in [5, 5.41) is 6.67. The summed E-state index contributed by atoms with van der Waals surface area (Å²) in [6.45, 7) is -0.0578. The van der Waals surface area contributed by atoms with Crippen molar-refractivity contribution in [3.05, 3.63) is 71.0 Å². The molecule has 2 aromatic carbocycles. The van der Waals surface area contributed by atoms with Crippen molar-refractivity contribution in [2.24, 2.45) is 0 Å². The van der Waals surface area contributed by atoms with Crippen LogP contribution >= 0.6 is 11.6 Å². The van der Waals surface area contributed by atoms with E-state index in [1.54, 1.807) is 43.3 Å². The summed E-state index contributed by atoms with van der Waals surface area (Å²) in [6.07, 6.45) is -3.41. The fourth-order valence-electron chi connectivity index (χ4n) is 2.91. The van der Waals surface area contributed by atoms with E-state index in [1.165, 1.54) is 12.1 Å². The van der Waals surface area contributed by atoms with Crippen molar-refractivity contribution >= 4 is 33.2 Å². The molecular formula is C21H21ClF3N5O3S. The molecule has 0 saturated heterocycles. The lowest BCUT2D eigenvalue weighted by Crippen LogP contribution is -2.33. The molecule has 182 valence electrons. The molecule has 0 aliphatic carbocycles. The monoisotopic (exact) mass is 515 g/mol. The number of halogens is 4. The smallest absolute Gasteiger partial charge is 0.326 e. The van der Waals surface area contributed by atoms with Crippen molar-refractivity contribution in [3.8, 4) is 5.69 Å². The summed E-state index contributed by atoms with van der Waals surface area (Å²) >= 11 is 6.08. The summed E-state index contributed by atoms with van der Waals surface area (Å²) in [7, 11) is -0.917. The number of carbonyl (C=O) groups excluding carboxylic acids is 1. The normalized spacial score (nSPS) is 12.2. The quantitative estimate of drug-likeness (QED) is 0.447. The average molecular weight is 516 g/mol. The van der Waals surface area contributed by atoms with Gasteiger partial charge in [0.2, 0.25) is 15.9 Å². The van der Waals surface area contributed by atoms with Crippen LogP contribution in [0.1, 0.15) is 11.1 Å². The van der Waals surface area contributed by atoms with E-state index in [0.29, 0.717) is 23.0 Å². The van der Waals surface area contributed by atoms with Crippen LogP contribution < -0.4 is 10.0 Å². The van der Waals surface area contributed by atoms with E-state index < -0.39 is 27.7 Å². The highest BCUT2D eigenvalue weighted by Crippen LogP contribution is 2.31. The van der Waals surface area contributed by atoms with Crippen LogP contribution in [0.2, 0.25) is 5.02 Å². The van der Waals surface area contributed by atoms with Crippen molar-refractivity contribution in [2.75, 3.05) is 26.1 Å². The van der Waals surface area contributed by atoms with Gasteiger partial charge in [-0.2, -0.15) is 23.0 Å². The van der Waals surface area contributed by atoms with Crippen LogP contribution in [0.15, 0.2) is 59.8 Å². The van der Waals surface area contributed by atoms with Crippen LogP contribution in [0, 0.1) is 0 Å². The Balaban J connectivity index is 1.96. The van der Waals surface area contributed by atoms with Crippen LogP contribution in [0.25, 0.3) is 5.69 Å². The Morgan fingerprint density at radius 2 is 1.88 bits per heavy atom. The number of nitrogens with zero attached hydrogens (tertiary/aromatic N) is 3. The van der Waals surface area contributed by atoms with Gasteiger partial charge in [0.25, 0.3) is 0 Å². The first-order chi connectivity index (χ1) is 15.9. The Hall–Kier alpha value is -2.93. The SMILES string of the molecule is CN(C)CNS(=O)(=O)c1cc(NC(=O)Cc2ccccc2Cl)ccc1-n1cc(C(F)(F)F)cn1. The topological polar surface area (TPSA) is 96.3 Å². The van der Waals surface area contributed by atoms with Gasteiger partial charge >= 0.3 is 6.18 Å². The maximum atomic E-state index is 13.0. The third kappa shape index (κ3) is 6.35. The molecule has 34 heavy (non-hydrogen) atoms. The third-order valence-corrected chi connectivity index (χ3v) is 6.35. The highest BCUT2D eigenvalue weighted by atomic mass is 35.5. The summed E-state index contributed by atoms with van der Waals surface area (Å²) < 4.78 is 68.2. The van der Waals surface area contributed by atoms with E-state index in [-0.39, 0.29) is 29.4 Å². The molecule has 0 fully saturated rings. The number of hydrogen-bond donors (Lipinski definition) is 2. The van der Waals surface area contributed by atoms with Crippen LogP contribution in [0.3, 0.4) is 0 Å². The second kappa shape index (κ2) is 10.1. The third-order valence-electron chi connectivity index (χ3n) is 4.57. The molecule has 0 saturated carbocycles. The molecular weight excluding hydrogens is 495 g/mol. The number of anilines is 1. The predicted molar refractivity (Wildman–Crippen MR) is 121 cm³/mol. The molecule has 0 aliphatic rings. The molecule has 13 heteroatoms. The van der Waals surface area contributed by atoms with Crippen molar-refractivity contribution in [3.63, 3.8) is 0 Å². The molecule has 0 unspecified atom stereocenters. The Morgan fingerprint density at radius 1 is 1.18 bits per heavy atom. The van der Waals surface area contributed by atoms with Crippen LogP contribution in [0.4, 0.5) is 18.9 Å². The minimum absolute atomic E-state index is 0.0578. The molecule has 2 N–H and O–H groups in total. The summed E-state index contributed by atoms with van der Waals surface area (Å²) in [5.74, 6) is -0.455. The lowest BCUT2D eigenvalue weighted by Gasteiger charge is -2.16. The molecule has 0 radical (unpaired) electrons. The molecule has 0 spiro atoms. The lowest BCUT2D eigenvalue weighted by atomic mass is 10.1. The van der Waals surface area contributed by atoms with E-state index in [2.05, 4.69) is 15.1 Å². The first-order valence-electron chi connectivity index (χ1n) is 9.81. The fraction of sp³-hybridized carbons (Fsp3) is 0.238. The number of aromatic nitrogens is 2. The number of carbonyl (C=O) groups is 1. The van der Waals surface area contributed by atoms with E-state index in [4.69, 9.17) is 11.6 Å². The second-order valence-electron chi connectivity index (χ2n) is 7.56. The zero-order valence-corrected chi connectivity index (χ0v) is 19.7. The number of rotatable bonds is 8. The molecule has 1 heterocycles. The molecule has 3 rings (SSSR count). The minimum Gasteiger partial charge on any atom is -0.326 e. The van der Waals surface area contributed by atoms with Crippen LogP contribution in [-0.2, 0) is 27.4 Å². The Bertz CT molecular complexity index is 1290. The van der Waals surface area contributed by atoms with E-state index >= 15 is 0 Å². The average Bonchev–Trinajstić information content (AvgIpc) is 3.25. The maximum absolute atomic E-state index is 13.0.